The minimum atomic E-state index is -0.946. The molecule has 1 aliphatic rings. The van der Waals surface area contributed by atoms with Gasteiger partial charge in [0.15, 0.2) is 0 Å². The Kier molecular flexibility index (Phi) is 6.79. The van der Waals surface area contributed by atoms with E-state index in [0.29, 0.717) is 6.42 Å². The summed E-state index contributed by atoms with van der Waals surface area (Å²) in [5, 5.41) is 12.0. The molecule has 1 amide bonds. The van der Waals surface area contributed by atoms with Crippen LogP contribution in [0.1, 0.15) is 38.7 Å². The number of hydrogen-bond donors (Lipinski definition) is 2. The Morgan fingerprint density at radius 2 is 1.83 bits per heavy atom. The van der Waals surface area contributed by atoms with Crippen molar-refractivity contribution in [1.82, 2.24) is 10.2 Å². The smallest absolute Gasteiger partial charge is 0.326 e. The fraction of sp³-hybridized carbons (Fsp3) is 0.579. The Morgan fingerprint density at radius 3 is 2.38 bits per heavy atom. The Bertz CT molecular complexity index is 537. The average Bonchev–Trinajstić information content (AvgIpc) is 2.55. The summed E-state index contributed by atoms with van der Waals surface area (Å²) in [6.45, 7) is 6.57. The lowest BCUT2D eigenvalue weighted by atomic mass is 9.94. The molecule has 1 aromatic carbocycles. The van der Waals surface area contributed by atoms with Crippen molar-refractivity contribution >= 4 is 11.9 Å². The lowest BCUT2D eigenvalue weighted by Gasteiger charge is -2.32. The maximum Gasteiger partial charge on any atom is 0.326 e. The topological polar surface area (TPSA) is 69.6 Å². The summed E-state index contributed by atoms with van der Waals surface area (Å²) in [7, 11) is 0. The molecule has 0 bridgehead atoms. The standard InChI is InChI=1S/C19H28N2O3/c1-14(2)12-17(19(23)24)20-18(22)16-8-10-21(11-9-16)13-15-6-4-3-5-7-15/h3-7,14,16-17H,8-13H2,1-2H3,(H,20,22)(H,23,24)/t17-/m1/s1. The third-order valence-corrected chi connectivity index (χ3v) is 4.53. The second-order valence-electron chi connectivity index (χ2n) is 7.06. The van der Waals surface area contributed by atoms with Gasteiger partial charge in [0.25, 0.3) is 0 Å². The summed E-state index contributed by atoms with van der Waals surface area (Å²) >= 11 is 0. The van der Waals surface area contributed by atoms with Crippen LogP contribution in [0.4, 0.5) is 0 Å². The van der Waals surface area contributed by atoms with Crippen LogP contribution in [0.25, 0.3) is 0 Å². The molecule has 5 heteroatoms. The molecular formula is C19H28N2O3. The van der Waals surface area contributed by atoms with Gasteiger partial charge in [-0.3, -0.25) is 9.69 Å². The van der Waals surface area contributed by atoms with Crippen LogP contribution in [0.5, 0.6) is 0 Å². The fourth-order valence-corrected chi connectivity index (χ4v) is 3.18. The van der Waals surface area contributed by atoms with E-state index in [-0.39, 0.29) is 17.7 Å². The number of nitrogens with one attached hydrogen (secondary N) is 1. The van der Waals surface area contributed by atoms with Crippen LogP contribution in [0, 0.1) is 11.8 Å². The third-order valence-electron chi connectivity index (χ3n) is 4.53. The SMILES string of the molecule is CC(C)C[C@@H](NC(=O)C1CCN(Cc2ccccc2)CC1)C(=O)O. The van der Waals surface area contributed by atoms with Gasteiger partial charge in [0.2, 0.25) is 5.91 Å². The predicted octanol–water partition coefficient (Wildman–Crippen LogP) is 2.51. The normalized spacial score (nSPS) is 17.6. The molecule has 1 aromatic rings. The monoisotopic (exact) mass is 332 g/mol. The molecule has 2 N–H and O–H groups in total. The summed E-state index contributed by atoms with van der Waals surface area (Å²) < 4.78 is 0. The molecule has 1 heterocycles. The van der Waals surface area contributed by atoms with Crippen molar-refractivity contribution in [1.29, 1.82) is 0 Å². The van der Waals surface area contributed by atoms with Gasteiger partial charge in [0, 0.05) is 12.5 Å². The van der Waals surface area contributed by atoms with Crippen LogP contribution in [-0.2, 0) is 16.1 Å². The molecule has 1 saturated heterocycles. The van der Waals surface area contributed by atoms with Crippen LogP contribution in [-0.4, -0.2) is 41.0 Å². The summed E-state index contributed by atoms with van der Waals surface area (Å²) in [5.41, 5.74) is 1.28. The van der Waals surface area contributed by atoms with Crippen molar-refractivity contribution in [3.05, 3.63) is 35.9 Å². The quantitative estimate of drug-likeness (QED) is 0.805. The van der Waals surface area contributed by atoms with Gasteiger partial charge < -0.3 is 10.4 Å². The number of rotatable bonds is 7. The molecule has 1 fully saturated rings. The number of likely N-dealkylation sites (tertiary alicyclic amines) is 1. The van der Waals surface area contributed by atoms with Crippen molar-refractivity contribution in [3.63, 3.8) is 0 Å². The first-order valence-corrected chi connectivity index (χ1v) is 8.75. The van der Waals surface area contributed by atoms with Gasteiger partial charge in [-0.05, 0) is 43.8 Å². The second-order valence-corrected chi connectivity index (χ2v) is 7.06. The lowest BCUT2D eigenvalue weighted by Crippen LogP contribution is -2.47. The first-order chi connectivity index (χ1) is 11.5. The number of nitrogens with zero attached hydrogens (tertiary/aromatic N) is 1. The van der Waals surface area contributed by atoms with E-state index in [2.05, 4.69) is 22.3 Å². The largest absolute Gasteiger partial charge is 0.480 e. The van der Waals surface area contributed by atoms with Crippen molar-refractivity contribution in [3.8, 4) is 0 Å². The van der Waals surface area contributed by atoms with Gasteiger partial charge in [-0.2, -0.15) is 0 Å². The van der Waals surface area contributed by atoms with Crippen LogP contribution in [0.2, 0.25) is 0 Å². The molecule has 1 atom stereocenters. The number of carbonyl (C=O) groups excluding carboxylic acids is 1. The number of aliphatic carboxylic acids is 1. The molecule has 5 nitrogen and oxygen atoms in total. The van der Waals surface area contributed by atoms with Gasteiger partial charge in [-0.15, -0.1) is 0 Å². The number of hydrogen-bond acceptors (Lipinski definition) is 3. The predicted molar refractivity (Wildman–Crippen MR) is 93.5 cm³/mol. The molecule has 1 aliphatic heterocycles. The van der Waals surface area contributed by atoms with Crippen LogP contribution in [0.3, 0.4) is 0 Å². The second kappa shape index (κ2) is 8.83. The highest BCUT2D eigenvalue weighted by atomic mass is 16.4. The Morgan fingerprint density at radius 1 is 1.21 bits per heavy atom. The van der Waals surface area contributed by atoms with E-state index < -0.39 is 12.0 Å². The number of carboxylic acid groups (broad SMARTS) is 1. The molecule has 24 heavy (non-hydrogen) atoms. The summed E-state index contributed by atoms with van der Waals surface area (Å²) in [6.07, 6.45) is 2.04. The molecule has 0 aliphatic carbocycles. The number of carbonyl (C=O) groups is 2. The van der Waals surface area contributed by atoms with Gasteiger partial charge >= 0.3 is 5.97 Å². The average molecular weight is 332 g/mol. The van der Waals surface area contributed by atoms with E-state index in [1.54, 1.807) is 0 Å². The number of benzene rings is 1. The first-order valence-electron chi connectivity index (χ1n) is 8.75. The van der Waals surface area contributed by atoms with Gasteiger partial charge in [-0.25, -0.2) is 4.79 Å². The minimum absolute atomic E-state index is 0.0777. The van der Waals surface area contributed by atoms with E-state index in [0.717, 1.165) is 32.5 Å². The third kappa shape index (κ3) is 5.64. The van der Waals surface area contributed by atoms with Crippen LogP contribution in [0.15, 0.2) is 30.3 Å². The summed E-state index contributed by atoms with van der Waals surface area (Å²) in [5.74, 6) is -0.897. The molecule has 0 unspecified atom stereocenters. The van der Waals surface area contributed by atoms with E-state index in [1.165, 1.54) is 5.56 Å². The zero-order chi connectivity index (χ0) is 17.5. The Balaban J connectivity index is 1.80. The van der Waals surface area contributed by atoms with E-state index in [4.69, 9.17) is 0 Å². The maximum absolute atomic E-state index is 12.4. The minimum Gasteiger partial charge on any atom is -0.480 e. The molecule has 0 spiro atoms. The molecular weight excluding hydrogens is 304 g/mol. The molecule has 0 radical (unpaired) electrons. The van der Waals surface area contributed by atoms with E-state index in [9.17, 15) is 14.7 Å². The van der Waals surface area contributed by atoms with Crippen molar-refractivity contribution in [2.75, 3.05) is 13.1 Å². The van der Waals surface area contributed by atoms with Crippen molar-refractivity contribution < 1.29 is 14.7 Å². The van der Waals surface area contributed by atoms with Gasteiger partial charge in [0.1, 0.15) is 6.04 Å². The van der Waals surface area contributed by atoms with E-state index in [1.807, 2.05) is 32.0 Å². The number of piperidine rings is 1. The zero-order valence-corrected chi connectivity index (χ0v) is 14.6. The lowest BCUT2D eigenvalue weighted by molar-refractivity contribution is -0.143. The molecule has 2 rings (SSSR count). The summed E-state index contributed by atoms with van der Waals surface area (Å²) in [4.78, 5) is 26.0. The van der Waals surface area contributed by atoms with Gasteiger partial charge in [-0.1, -0.05) is 44.2 Å². The fourth-order valence-electron chi connectivity index (χ4n) is 3.18. The molecule has 132 valence electrons. The highest BCUT2D eigenvalue weighted by Gasteiger charge is 2.28. The van der Waals surface area contributed by atoms with Crippen LogP contribution >= 0.6 is 0 Å². The Hall–Kier alpha value is -1.88. The maximum atomic E-state index is 12.4. The van der Waals surface area contributed by atoms with Crippen LogP contribution < -0.4 is 5.32 Å². The van der Waals surface area contributed by atoms with Crippen molar-refractivity contribution in [2.45, 2.75) is 45.7 Å². The molecule has 0 saturated carbocycles. The Labute approximate surface area is 144 Å². The first kappa shape index (κ1) is 18.5. The van der Waals surface area contributed by atoms with E-state index >= 15 is 0 Å². The number of carboxylic acids is 1. The highest BCUT2D eigenvalue weighted by molar-refractivity contribution is 5.85. The van der Waals surface area contributed by atoms with Crippen molar-refractivity contribution in [2.24, 2.45) is 11.8 Å². The number of amides is 1. The summed E-state index contributed by atoms with van der Waals surface area (Å²) in [6, 6.07) is 9.53. The van der Waals surface area contributed by atoms with Gasteiger partial charge in [0.05, 0.1) is 0 Å². The molecule has 0 aromatic heterocycles. The highest BCUT2D eigenvalue weighted by Crippen LogP contribution is 2.20. The zero-order valence-electron chi connectivity index (χ0n) is 14.6.